The molecule has 1 aliphatic heterocycles. The number of carbonyl (C=O) groups is 2. The van der Waals surface area contributed by atoms with Crippen molar-refractivity contribution in [2.45, 2.75) is 77.8 Å². The van der Waals surface area contributed by atoms with Crippen molar-refractivity contribution in [2.75, 3.05) is 5.32 Å². The van der Waals surface area contributed by atoms with Crippen LogP contribution in [0.3, 0.4) is 0 Å². The minimum Gasteiger partial charge on any atom is -0.330 e. The van der Waals surface area contributed by atoms with Crippen LogP contribution in [0.2, 0.25) is 0 Å². The molecule has 2 aliphatic rings. The van der Waals surface area contributed by atoms with Gasteiger partial charge in [0, 0.05) is 17.3 Å². The molecule has 140 valence electrons. The van der Waals surface area contributed by atoms with Gasteiger partial charge in [0.2, 0.25) is 5.91 Å². The lowest BCUT2D eigenvalue weighted by Gasteiger charge is -2.33. The Labute approximate surface area is 156 Å². The molecule has 3 rings (SSSR count). The van der Waals surface area contributed by atoms with Crippen LogP contribution in [0, 0.1) is 0 Å². The lowest BCUT2D eigenvalue weighted by Crippen LogP contribution is -2.41. The highest BCUT2D eigenvalue weighted by atomic mass is 16.2. The first-order chi connectivity index (χ1) is 12.4. The quantitative estimate of drug-likeness (QED) is 0.838. The molecule has 1 aromatic carbocycles. The Kier molecular flexibility index (Phi) is 5.49. The molecule has 26 heavy (non-hydrogen) atoms. The lowest BCUT2D eigenvalue weighted by molar-refractivity contribution is -0.130. The summed E-state index contributed by atoms with van der Waals surface area (Å²) in [4.78, 5) is 27.5. The van der Waals surface area contributed by atoms with E-state index in [9.17, 15) is 9.59 Å². The zero-order valence-electron chi connectivity index (χ0n) is 16.3. The van der Waals surface area contributed by atoms with Crippen molar-refractivity contribution in [3.8, 4) is 0 Å². The van der Waals surface area contributed by atoms with Crippen molar-refractivity contribution in [1.82, 2.24) is 4.90 Å². The minimum absolute atomic E-state index is 0.0622. The van der Waals surface area contributed by atoms with Crippen LogP contribution in [0.5, 0.6) is 0 Å². The molecular formula is C22H30N2O2. The summed E-state index contributed by atoms with van der Waals surface area (Å²) >= 11 is 0. The molecule has 4 nitrogen and oxygen atoms in total. The van der Waals surface area contributed by atoms with E-state index in [2.05, 4.69) is 33.0 Å². The van der Waals surface area contributed by atoms with Gasteiger partial charge in [-0.1, -0.05) is 32.4 Å². The number of amides is 2. The highest BCUT2D eigenvalue weighted by Crippen LogP contribution is 2.39. The van der Waals surface area contributed by atoms with Gasteiger partial charge in [0.25, 0.3) is 5.91 Å². The highest BCUT2D eigenvalue weighted by Gasteiger charge is 2.41. The summed E-state index contributed by atoms with van der Waals surface area (Å²) in [6, 6.07) is 8.34. The van der Waals surface area contributed by atoms with Crippen LogP contribution >= 0.6 is 0 Å². The van der Waals surface area contributed by atoms with Gasteiger partial charge in [-0.25, -0.2) is 0 Å². The molecule has 1 heterocycles. The summed E-state index contributed by atoms with van der Waals surface area (Å²) in [6.45, 7) is 8.41. The third kappa shape index (κ3) is 3.69. The van der Waals surface area contributed by atoms with E-state index >= 15 is 0 Å². The van der Waals surface area contributed by atoms with Crippen molar-refractivity contribution in [1.29, 1.82) is 0 Å². The number of nitrogens with one attached hydrogen (secondary N) is 1. The maximum atomic E-state index is 12.9. The normalized spacial score (nSPS) is 20.2. The molecule has 1 N–H and O–H groups in total. The third-order valence-electron chi connectivity index (χ3n) is 5.55. The maximum absolute atomic E-state index is 12.9. The monoisotopic (exact) mass is 354 g/mol. The summed E-state index contributed by atoms with van der Waals surface area (Å²) in [5.74, 6) is 0.424. The van der Waals surface area contributed by atoms with Gasteiger partial charge in [-0.2, -0.15) is 0 Å². The van der Waals surface area contributed by atoms with Gasteiger partial charge >= 0.3 is 0 Å². The molecule has 0 bridgehead atoms. The van der Waals surface area contributed by atoms with Crippen LogP contribution in [0.25, 0.3) is 0 Å². The Hall–Kier alpha value is -2.10. The van der Waals surface area contributed by atoms with Gasteiger partial charge in [0.15, 0.2) is 0 Å². The second-order valence-electron chi connectivity index (χ2n) is 8.07. The number of carbonyl (C=O) groups excluding carboxylic acids is 2. The minimum atomic E-state index is -0.104. The van der Waals surface area contributed by atoms with Crippen LogP contribution in [0.1, 0.15) is 71.3 Å². The fourth-order valence-electron chi connectivity index (χ4n) is 4.19. The third-order valence-corrected chi connectivity index (χ3v) is 5.55. The molecule has 2 amide bonds. The lowest BCUT2D eigenvalue weighted by atomic mass is 9.88. The zero-order chi connectivity index (χ0) is 18.8. The fourth-order valence-corrected chi connectivity index (χ4v) is 4.19. The van der Waals surface area contributed by atoms with E-state index in [0.29, 0.717) is 5.92 Å². The van der Waals surface area contributed by atoms with Gasteiger partial charge < -0.3 is 10.2 Å². The smallest absolute Gasteiger partial charge is 0.251 e. The van der Waals surface area contributed by atoms with Crippen LogP contribution in [-0.4, -0.2) is 28.8 Å². The highest BCUT2D eigenvalue weighted by molar-refractivity contribution is 6.05. The SMILES string of the molecule is CC(C)c1ccc(NC(=O)CC2=C3CCCCC3N(C(C)C)C2=O)cc1. The van der Waals surface area contributed by atoms with E-state index in [1.54, 1.807) is 0 Å². The van der Waals surface area contributed by atoms with Crippen molar-refractivity contribution in [3.63, 3.8) is 0 Å². The van der Waals surface area contributed by atoms with Crippen molar-refractivity contribution < 1.29 is 9.59 Å². The molecule has 0 saturated heterocycles. The summed E-state index contributed by atoms with van der Waals surface area (Å²) in [6.07, 6.45) is 4.44. The summed E-state index contributed by atoms with van der Waals surface area (Å²) in [5, 5.41) is 2.95. The number of nitrogens with zero attached hydrogens (tertiary/aromatic N) is 1. The molecule has 1 aliphatic carbocycles. The van der Waals surface area contributed by atoms with Crippen molar-refractivity contribution >= 4 is 17.5 Å². The average molecular weight is 354 g/mol. The van der Waals surface area contributed by atoms with E-state index in [4.69, 9.17) is 0 Å². The first kappa shape index (κ1) is 18.7. The Morgan fingerprint density at radius 3 is 2.46 bits per heavy atom. The van der Waals surface area contributed by atoms with Gasteiger partial charge in [-0.3, -0.25) is 9.59 Å². The fraction of sp³-hybridized carbons (Fsp3) is 0.545. The molecular weight excluding hydrogens is 324 g/mol. The molecule has 0 aromatic heterocycles. The van der Waals surface area contributed by atoms with Gasteiger partial charge in [0.1, 0.15) is 0 Å². The van der Waals surface area contributed by atoms with E-state index in [1.165, 1.54) is 11.1 Å². The Morgan fingerprint density at radius 2 is 1.85 bits per heavy atom. The first-order valence-corrected chi connectivity index (χ1v) is 9.83. The second-order valence-corrected chi connectivity index (χ2v) is 8.07. The van der Waals surface area contributed by atoms with Crippen LogP contribution in [0.4, 0.5) is 5.69 Å². The molecule has 1 aromatic rings. The van der Waals surface area contributed by atoms with Crippen LogP contribution in [0.15, 0.2) is 35.4 Å². The van der Waals surface area contributed by atoms with E-state index in [1.807, 2.05) is 29.2 Å². The number of fused-ring (bicyclic) bond motifs is 1. The molecule has 4 heteroatoms. The molecule has 1 unspecified atom stereocenters. The molecule has 0 spiro atoms. The number of benzene rings is 1. The van der Waals surface area contributed by atoms with E-state index in [0.717, 1.165) is 36.9 Å². The maximum Gasteiger partial charge on any atom is 0.251 e. The molecule has 1 saturated carbocycles. The standard InChI is InChI=1S/C22H30N2O2/c1-14(2)16-9-11-17(12-10-16)23-21(25)13-19-18-7-5-6-8-20(18)24(15(3)4)22(19)26/h9-12,14-15,20H,5-8,13H2,1-4H3,(H,23,25). The van der Waals surface area contributed by atoms with Crippen LogP contribution < -0.4 is 5.32 Å². The number of hydrogen-bond donors (Lipinski definition) is 1. The largest absolute Gasteiger partial charge is 0.330 e. The summed E-state index contributed by atoms with van der Waals surface area (Å²) < 4.78 is 0. The molecule has 1 fully saturated rings. The van der Waals surface area contributed by atoms with Crippen LogP contribution in [-0.2, 0) is 9.59 Å². The number of rotatable bonds is 5. The zero-order valence-corrected chi connectivity index (χ0v) is 16.3. The van der Waals surface area contributed by atoms with E-state index < -0.39 is 0 Å². The van der Waals surface area contributed by atoms with Crippen molar-refractivity contribution in [3.05, 3.63) is 41.0 Å². The van der Waals surface area contributed by atoms with Crippen molar-refractivity contribution in [2.24, 2.45) is 0 Å². The predicted octanol–water partition coefficient (Wildman–Crippen LogP) is 4.63. The summed E-state index contributed by atoms with van der Waals surface area (Å²) in [5.41, 5.74) is 3.98. The Morgan fingerprint density at radius 1 is 1.15 bits per heavy atom. The summed E-state index contributed by atoms with van der Waals surface area (Å²) in [7, 11) is 0. The first-order valence-electron chi connectivity index (χ1n) is 9.83. The Bertz CT molecular complexity index is 716. The predicted molar refractivity (Wildman–Crippen MR) is 105 cm³/mol. The van der Waals surface area contributed by atoms with Gasteiger partial charge in [-0.15, -0.1) is 0 Å². The number of hydrogen-bond acceptors (Lipinski definition) is 2. The topological polar surface area (TPSA) is 49.4 Å². The van der Waals surface area contributed by atoms with Gasteiger partial charge in [0.05, 0.1) is 12.5 Å². The van der Waals surface area contributed by atoms with E-state index in [-0.39, 0.29) is 30.3 Å². The molecule has 0 radical (unpaired) electrons. The Balaban J connectivity index is 1.72. The molecule has 1 atom stereocenters. The van der Waals surface area contributed by atoms with Gasteiger partial charge in [-0.05, 0) is 62.3 Å². The second kappa shape index (κ2) is 7.65. The average Bonchev–Trinajstić information content (AvgIpc) is 2.87. The number of anilines is 1.